The zero-order valence-corrected chi connectivity index (χ0v) is 16.5. The number of ether oxygens (including phenoxy) is 1. The van der Waals surface area contributed by atoms with E-state index in [0.717, 1.165) is 0 Å². The van der Waals surface area contributed by atoms with Crippen molar-refractivity contribution in [2.24, 2.45) is 0 Å². The molecule has 0 unspecified atom stereocenters. The summed E-state index contributed by atoms with van der Waals surface area (Å²) >= 11 is 0. The topological polar surface area (TPSA) is 95.6 Å². The molecule has 1 heterocycles. The third-order valence-corrected chi connectivity index (χ3v) is 4.29. The van der Waals surface area contributed by atoms with Crippen LogP contribution in [0.25, 0.3) is 0 Å². The van der Waals surface area contributed by atoms with Gasteiger partial charge in [0.15, 0.2) is 5.76 Å². The number of carbonyl (C=O) groups excluding carboxylic acids is 2. The number of amides is 2. The lowest BCUT2D eigenvalue weighted by Crippen LogP contribution is -2.31. The number of hydrogen-bond acceptors (Lipinski definition) is 5. The van der Waals surface area contributed by atoms with Crippen LogP contribution in [-0.2, 0) is 0 Å². The van der Waals surface area contributed by atoms with Crippen LogP contribution in [0.1, 0.15) is 34.3 Å². The molecule has 3 rings (SSSR count). The van der Waals surface area contributed by atoms with Crippen molar-refractivity contribution >= 4 is 23.2 Å². The Morgan fingerprint density at radius 2 is 1.83 bits per heavy atom. The van der Waals surface area contributed by atoms with Gasteiger partial charge in [0.1, 0.15) is 5.75 Å². The lowest BCUT2D eigenvalue weighted by Gasteiger charge is -2.22. The van der Waals surface area contributed by atoms with Crippen molar-refractivity contribution in [1.29, 1.82) is 5.26 Å². The molecule has 0 saturated heterocycles. The molecule has 0 aliphatic rings. The van der Waals surface area contributed by atoms with Crippen molar-refractivity contribution < 1.29 is 18.7 Å². The molecule has 0 aliphatic heterocycles. The van der Waals surface area contributed by atoms with Crippen molar-refractivity contribution in [3.8, 4) is 11.8 Å². The Labute approximate surface area is 174 Å². The van der Waals surface area contributed by atoms with Gasteiger partial charge in [0.25, 0.3) is 11.8 Å². The van der Waals surface area contributed by atoms with Crippen molar-refractivity contribution in [3.63, 3.8) is 0 Å². The number of nitrogens with zero attached hydrogens (tertiary/aromatic N) is 2. The molecule has 2 amide bonds. The molecule has 3 aromatic rings. The first-order valence-corrected chi connectivity index (χ1v) is 9.49. The Hall–Kier alpha value is -4.05. The van der Waals surface area contributed by atoms with Gasteiger partial charge in [-0.3, -0.25) is 9.59 Å². The van der Waals surface area contributed by atoms with E-state index in [1.165, 1.54) is 6.26 Å². The van der Waals surface area contributed by atoms with E-state index in [-0.39, 0.29) is 30.5 Å². The third kappa shape index (κ3) is 5.06. The van der Waals surface area contributed by atoms with Crippen LogP contribution in [0.4, 0.5) is 11.4 Å². The molecule has 0 atom stereocenters. The Morgan fingerprint density at radius 1 is 1.10 bits per heavy atom. The molecule has 1 N–H and O–H groups in total. The van der Waals surface area contributed by atoms with Crippen LogP contribution in [0.15, 0.2) is 71.3 Å². The minimum Gasteiger partial charge on any atom is -0.494 e. The van der Waals surface area contributed by atoms with Crippen LogP contribution in [-0.4, -0.2) is 25.0 Å². The molecule has 30 heavy (non-hydrogen) atoms. The molecule has 0 spiro atoms. The standard InChI is InChI=1S/C23H21N3O4/c1-2-29-20-12-10-19(11-13-20)26(15-4-14-24)23(28)17-6-8-18(9-7-17)25-22(27)21-5-3-16-30-21/h3,5-13,16H,2,4,15H2,1H3,(H,25,27). The van der Waals surface area contributed by atoms with E-state index >= 15 is 0 Å². The summed E-state index contributed by atoms with van der Waals surface area (Å²) in [6.07, 6.45) is 1.63. The van der Waals surface area contributed by atoms with Gasteiger partial charge in [-0.1, -0.05) is 0 Å². The molecule has 7 nitrogen and oxygen atoms in total. The molecule has 0 saturated carbocycles. The van der Waals surface area contributed by atoms with Gasteiger partial charge in [-0.2, -0.15) is 5.26 Å². The minimum atomic E-state index is -0.371. The van der Waals surface area contributed by atoms with E-state index in [1.54, 1.807) is 65.6 Å². The highest BCUT2D eigenvalue weighted by Crippen LogP contribution is 2.22. The second-order valence-electron chi connectivity index (χ2n) is 6.30. The van der Waals surface area contributed by atoms with Gasteiger partial charge in [0, 0.05) is 23.5 Å². The first-order valence-electron chi connectivity index (χ1n) is 9.49. The highest BCUT2D eigenvalue weighted by molar-refractivity contribution is 6.07. The quantitative estimate of drug-likeness (QED) is 0.598. The van der Waals surface area contributed by atoms with Crippen LogP contribution < -0.4 is 15.0 Å². The predicted octanol–water partition coefficient (Wildman–Crippen LogP) is 4.49. The van der Waals surface area contributed by atoms with E-state index in [4.69, 9.17) is 14.4 Å². The molecular weight excluding hydrogens is 382 g/mol. The molecule has 0 bridgehead atoms. The summed E-state index contributed by atoms with van der Waals surface area (Å²) in [5.74, 6) is 0.307. The second-order valence-corrected chi connectivity index (χ2v) is 6.30. The number of anilines is 2. The lowest BCUT2D eigenvalue weighted by molar-refractivity contribution is 0.0984. The fourth-order valence-electron chi connectivity index (χ4n) is 2.85. The molecule has 1 aromatic heterocycles. The van der Waals surface area contributed by atoms with Crippen LogP contribution in [0.5, 0.6) is 5.75 Å². The van der Waals surface area contributed by atoms with E-state index in [2.05, 4.69) is 11.4 Å². The Kier molecular flexibility index (Phi) is 6.85. The van der Waals surface area contributed by atoms with Crippen molar-refractivity contribution in [1.82, 2.24) is 0 Å². The molecule has 7 heteroatoms. The summed E-state index contributed by atoms with van der Waals surface area (Å²) in [5, 5.41) is 11.7. The fourth-order valence-corrected chi connectivity index (χ4v) is 2.85. The largest absolute Gasteiger partial charge is 0.494 e. The van der Waals surface area contributed by atoms with Crippen LogP contribution in [0, 0.1) is 11.3 Å². The maximum Gasteiger partial charge on any atom is 0.291 e. The van der Waals surface area contributed by atoms with Gasteiger partial charge in [-0.05, 0) is 67.6 Å². The summed E-state index contributed by atoms with van der Waals surface area (Å²) < 4.78 is 10.5. The zero-order chi connectivity index (χ0) is 21.3. The number of nitrogens with one attached hydrogen (secondary N) is 1. The van der Waals surface area contributed by atoms with Gasteiger partial charge in [0.05, 0.1) is 25.4 Å². The summed E-state index contributed by atoms with van der Waals surface area (Å²) in [4.78, 5) is 26.7. The summed E-state index contributed by atoms with van der Waals surface area (Å²) in [6.45, 7) is 2.72. The van der Waals surface area contributed by atoms with E-state index in [1.807, 2.05) is 6.92 Å². The predicted molar refractivity (Wildman–Crippen MR) is 113 cm³/mol. The number of furan rings is 1. The number of nitriles is 1. The normalized spacial score (nSPS) is 10.1. The summed E-state index contributed by atoms with van der Waals surface area (Å²) in [7, 11) is 0. The maximum absolute atomic E-state index is 13.1. The molecule has 2 aromatic carbocycles. The van der Waals surface area contributed by atoms with Gasteiger partial charge >= 0.3 is 0 Å². The monoisotopic (exact) mass is 403 g/mol. The van der Waals surface area contributed by atoms with Gasteiger partial charge < -0.3 is 19.4 Å². The van der Waals surface area contributed by atoms with Crippen LogP contribution >= 0.6 is 0 Å². The second kappa shape index (κ2) is 9.94. The van der Waals surface area contributed by atoms with E-state index < -0.39 is 0 Å². The number of benzene rings is 2. The zero-order valence-electron chi connectivity index (χ0n) is 16.5. The summed E-state index contributed by atoms with van der Waals surface area (Å²) in [6, 6.07) is 19.0. The first-order chi connectivity index (χ1) is 14.6. The number of rotatable bonds is 8. The van der Waals surface area contributed by atoms with Crippen LogP contribution in [0.2, 0.25) is 0 Å². The van der Waals surface area contributed by atoms with Crippen molar-refractivity contribution in [2.75, 3.05) is 23.4 Å². The van der Waals surface area contributed by atoms with Crippen LogP contribution in [0.3, 0.4) is 0 Å². The average molecular weight is 403 g/mol. The highest BCUT2D eigenvalue weighted by atomic mass is 16.5. The van der Waals surface area contributed by atoms with E-state index in [9.17, 15) is 9.59 Å². The molecule has 0 radical (unpaired) electrons. The Morgan fingerprint density at radius 3 is 2.43 bits per heavy atom. The minimum absolute atomic E-state index is 0.202. The lowest BCUT2D eigenvalue weighted by atomic mass is 10.1. The Balaban J connectivity index is 1.75. The van der Waals surface area contributed by atoms with Crippen molar-refractivity contribution in [2.45, 2.75) is 13.3 Å². The maximum atomic E-state index is 13.1. The SMILES string of the molecule is CCOc1ccc(N(CCC#N)C(=O)c2ccc(NC(=O)c3ccco3)cc2)cc1. The smallest absolute Gasteiger partial charge is 0.291 e. The molecular formula is C23H21N3O4. The number of carbonyl (C=O) groups is 2. The molecule has 0 aliphatic carbocycles. The van der Waals surface area contributed by atoms with Gasteiger partial charge in [0.2, 0.25) is 0 Å². The van der Waals surface area contributed by atoms with Gasteiger partial charge in [-0.15, -0.1) is 0 Å². The first kappa shape index (κ1) is 20.7. The number of hydrogen-bond donors (Lipinski definition) is 1. The van der Waals surface area contributed by atoms with E-state index in [0.29, 0.717) is 29.3 Å². The third-order valence-electron chi connectivity index (χ3n) is 4.29. The highest BCUT2D eigenvalue weighted by Gasteiger charge is 2.18. The summed E-state index contributed by atoms with van der Waals surface area (Å²) in [5.41, 5.74) is 1.66. The average Bonchev–Trinajstić information content (AvgIpc) is 3.31. The van der Waals surface area contributed by atoms with Crippen molar-refractivity contribution in [3.05, 3.63) is 78.3 Å². The molecule has 0 fully saturated rings. The Bertz CT molecular complexity index is 1020. The molecule has 152 valence electrons. The van der Waals surface area contributed by atoms with Gasteiger partial charge in [-0.25, -0.2) is 0 Å². The fraction of sp³-hybridized carbons (Fsp3) is 0.174.